The molecule has 8 nitrogen and oxygen atoms in total. The first-order valence-corrected chi connectivity index (χ1v) is 14.1. The van der Waals surface area contributed by atoms with Crippen LogP contribution in [0.4, 0.5) is 0 Å². The number of hydrogen-bond acceptors (Lipinski definition) is 5. The van der Waals surface area contributed by atoms with E-state index in [0.717, 1.165) is 27.6 Å². The number of para-hydroxylation sites is 1. The number of aryl methyl sites for hydroxylation is 2. The Morgan fingerprint density at radius 3 is 2.28 bits per heavy atom. The van der Waals surface area contributed by atoms with Crippen molar-refractivity contribution in [3.63, 3.8) is 0 Å². The molecule has 208 valence electrons. The van der Waals surface area contributed by atoms with Crippen LogP contribution < -0.4 is 14.8 Å². The van der Waals surface area contributed by atoms with Gasteiger partial charge in [0.15, 0.2) is 0 Å². The first kappa shape index (κ1) is 29.9. The van der Waals surface area contributed by atoms with Crippen LogP contribution in [0.15, 0.2) is 77.8 Å². The van der Waals surface area contributed by atoms with Crippen LogP contribution in [0, 0.1) is 13.8 Å². The Balaban J connectivity index is 0.000000320. The summed E-state index contributed by atoms with van der Waals surface area (Å²) in [5, 5.41) is 14.2. The molecule has 1 amide bonds. The minimum atomic E-state index is -3.91. The zero-order valence-electron chi connectivity index (χ0n) is 23.2. The van der Waals surface area contributed by atoms with Crippen molar-refractivity contribution in [1.29, 1.82) is 0 Å². The third kappa shape index (κ3) is 7.69. The number of rotatable bonds is 8. The van der Waals surface area contributed by atoms with E-state index in [1.165, 1.54) is 7.11 Å². The van der Waals surface area contributed by atoms with Crippen LogP contribution in [0.3, 0.4) is 0 Å². The minimum absolute atomic E-state index is 0.0370. The maximum atomic E-state index is 13.1. The van der Waals surface area contributed by atoms with Crippen molar-refractivity contribution in [3.05, 3.63) is 95.2 Å². The maximum Gasteiger partial charge on any atom is 0.251 e. The Morgan fingerprint density at radius 1 is 1.03 bits per heavy atom. The first-order valence-electron chi connectivity index (χ1n) is 12.6. The van der Waals surface area contributed by atoms with Gasteiger partial charge >= 0.3 is 0 Å². The van der Waals surface area contributed by atoms with Crippen LogP contribution in [-0.4, -0.2) is 50.2 Å². The number of carbonyl (C=O) groups is 1. The van der Waals surface area contributed by atoms with Crippen LogP contribution in [0.25, 0.3) is 10.9 Å². The molecule has 1 aromatic heterocycles. The minimum Gasteiger partial charge on any atom is -0.495 e. The molecule has 1 unspecified atom stereocenters. The van der Waals surface area contributed by atoms with Crippen molar-refractivity contribution >= 4 is 26.8 Å². The van der Waals surface area contributed by atoms with Gasteiger partial charge in [-0.15, -0.1) is 0 Å². The molecule has 0 aliphatic rings. The SMILES string of the molecule is CNC(=O)c1ccc(C)cc1.COc1ccc(C)cc1S(=O)(=O)NC(Cc1c[nH]c2ccccc12)C(C)(C)O. The van der Waals surface area contributed by atoms with Crippen molar-refractivity contribution in [2.24, 2.45) is 0 Å². The number of sulfonamides is 1. The third-order valence-corrected chi connectivity index (χ3v) is 7.89. The second-order valence-electron chi connectivity index (χ2n) is 9.99. The zero-order chi connectivity index (χ0) is 28.8. The van der Waals surface area contributed by atoms with Gasteiger partial charge in [-0.1, -0.05) is 42.0 Å². The van der Waals surface area contributed by atoms with E-state index in [0.29, 0.717) is 12.0 Å². The molecule has 0 aliphatic carbocycles. The number of carbonyl (C=O) groups excluding carboxylic acids is 1. The number of methoxy groups -OCH3 is 1. The second-order valence-corrected chi connectivity index (χ2v) is 11.7. The van der Waals surface area contributed by atoms with Crippen LogP contribution in [0.1, 0.15) is 40.9 Å². The van der Waals surface area contributed by atoms with Crippen molar-refractivity contribution < 1.29 is 23.1 Å². The predicted octanol–water partition coefficient (Wildman–Crippen LogP) is 4.50. The highest BCUT2D eigenvalue weighted by Gasteiger charge is 2.33. The Morgan fingerprint density at radius 2 is 1.67 bits per heavy atom. The van der Waals surface area contributed by atoms with Gasteiger partial charge in [-0.2, -0.15) is 0 Å². The van der Waals surface area contributed by atoms with Crippen molar-refractivity contribution in [1.82, 2.24) is 15.0 Å². The Hall–Kier alpha value is -3.66. The molecule has 39 heavy (non-hydrogen) atoms. The molecule has 0 fully saturated rings. The monoisotopic (exact) mass is 551 g/mol. The number of benzene rings is 3. The number of ether oxygens (including phenoxy) is 1. The average molecular weight is 552 g/mol. The number of aromatic nitrogens is 1. The van der Waals surface area contributed by atoms with Crippen LogP contribution >= 0.6 is 0 Å². The van der Waals surface area contributed by atoms with Gasteiger partial charge in [0.2, 0.25) is 10.0 Å². The molecule has 1 heterocycles. The fraction of sp³-hybridized carbons (Fsp3) is 0.300. The smallest absolute Gasteiger partial charge is 0.251 e. The highest BCUT2D eigenvalue weighted by Crippen LogP contribution is 2.27. The van der Waals surface area contributed by atoms with E-state index in [-0.39, 0.29) is 16.6 Å². The summed E-state index contributed by atoms with van der Waals surface area (Å²) < 4.78 is 34.1. The Labute approximate surface area is 230 Å². The summed E-state index contributed by atoms with van der Waals surface area (Å²) in [5.41, 5.74) is 3.30. The van der Waals surface area contributed by atoms with E-state index in [1.807, 2.05) is 68.6 Å². The van der Waals surface area contributed by atoms with Crippen LogP contribution in [-0.2, 0) is 16.4 Å². The molecular weight excluding hydrogens is 514 g/mol. The molecular formula is C30H37N3O5S. The predicted molar refractivity (Wildman–Crippen MR) is 155 cm³/mol. The summed E-state index contributed by atoms with van der Waals surface area (Å²) >= 11 is 0. The molecule has 0 radical (unpaired) electrons. The van der Waals surface area contributed by atoms with E-state index in [2.05, 4.69) is 15.0 Å². The van der Waals surface area contributed by atoms with E-state index >= 15 is 0 Å². The van der Waals surface area contributed by atoms with Crippen LogP contribution in [0.2, 0.25) is 0 Å². The fourth-order valence-electron chi connectivity index (χ4n) is 4.05. The lowest BCUT2D eigenvalue weighted by Crippen LogP contribution is -2.50. The topological polar surface area (TPSA) is 121 Å². The van der Waals surface area contributed by atoms with Gasteiger partial charge in [0, 0.05) is 29.7 Å². The molecule has 3 aromatic carbocycles. The largest absolute Gasteiger partial charge is 0.495 e. The highest BCUT2D eigenvalue weighted by molar-refractivity contribution is 7.89. The standard InChI is InChI=1S/C21H26N2O4S.C9H11NO/c1-14-9-10-18(27-4)19(11-14)28(25,26)23-20(21(2,3)24)12-15-13-22-17-8-6-5-7-16(15)17;1-7-3-5-8(6-4-7)9(11)10-2/h5-11,13,20,22-24H,12H2,1-4H3;3-6H,1-2H3,(H,10,11). The van der Waals surface area contributed by atoms with Gasteiger partial charge < -0.3 is 20.1 Å². The van der Waals surface area contributed by atoms with Gasteiger partial charge in [0.25, 0.3) is 5.91 Å². The molecule has 9 heteroatoms. The lowest BCUT2D eigenvalue weighted by molar-refractivity contribution is 0.0461. The molecule has 0 aliphatic heterocycles. The van der Waals surface area contributed by atoms with Crippen molar-refractivity contribution in [3.8, 4) is 5.75 Å². The lowest BCUT2D eigenvalue weighted by Gasteiger charge is -2.30. The molecule has 0 bridgehead atoms. The summed E-state index contributed by atoms with van der Waals surface area (Å²) in [6.07, 6.45) is 2.19. The van der Waals surface area contributed by atoms with E-state index < -0.39 is 21.7 Å². The van der Waals surface area contributed by atoms with Gasteiger partial charge in [-0.05, 0) is 75.6 Å². The number of aliphatic hydroxyl groups is 1. The number of nitrogens with one attached hydrogen (secondary N) is 3. The summed E-state index contributed by atoms with van der Waals surface area (Å²) in [5.74, 6) is 0.227. The Kier molecular flexibility index (Phi) is 9.55. The average Bonchev–Trinajstić information content (AvgIpc) is 3.31. The van der Waals surface area contributed by atoms with E-state index in [1.54, 1.807) is 39.1 Å². The summed E-state index contributed by atoms with van der Waals surface area (Å²) in [7, 11) is -0.849. The lowest BCUT2D eigenvalue weighted by atomic mass is 9.93. The van der Waals surface area contributed by atoms with Gasteiger partial charge in [0.05, 0.1) is 18.8 Å². The summed E-state index contributed by atoms with van der Waals surface area (Å²) in [6, 6.07) is 19.5. The quantitative estimate of drug-likeness (QED) is 0.257. The molecule has 0 spiro atoms. The molecule has 4 rings (SSSR count). The first-order chi connectivity index (χ1) is 18.4. The van der Waals surface area contributed by atoms with Gasteiger partial charge in [-0.25, -0.2) is 13.1 Å². The van der Waals surface area contributed by atoms with Gasteiger partial charge in [-0.3, -0.25) is 4.79 Å². The molecule has 4 N–H and O–H groups in total. The van der Waals surface area contributed by atoms with Crippen LogP contribution in [0.5, 0.6) is 5.75 Å². The molecule has 0 saturated carbocycles. The number of aromatic amines is 1. The molecule has 0 saturated heterocycles. The number of H-pyrrole nitrogens is 1. The number of hydrogen-bond donors (Lipinski definition) is 4. The second kappa shape index (κ2) is 12.5. The third-order valence-electron chi connectivity index (χ3n) is 6.40. The van der Waals surface area contributed by atoms with E-state index in [9.17, 15) is 18.3 Å². The van der Waals surface area contributed by atoms with Crippen molar-refractivity contribution in [2.45, 2.75) is 50.7 Å². The number of amides is 1. The highest BCUT2D eigenvalue weighted by atomic mass is 32.2. The fourth-order valence-corrected chi connectivity index (χ4v) is 5.68. The zero-order valence-corrected chi connectivity index (χ0v) is 24.0. The van der Waals surface area contributed by atoms with E-state index in [4.69, 9.17) is 4.74 Å². The van der Waals surface area contributed by atoms with Gasteiger partial charge in [0.1, 0.15) is 10.6 Å². The summed E-state index contributed by atoms with van der Waals surface area (Å²) in [4.78, 5) is 14.3. The van der Waals surface area contributed by atoms with Crippen molar-refractivity contribution in [2.75, 3.05) is 14.2 Å². The number of fused-ring (bicyclic) bond motifs is 1. The summed E-state index contributed by atoms with van der Waals surface area (Å²) in [6.45, 7) is 7.01. The maximum absolute atomic E-state index is 13.1. The Bertz CT molecular complexity index is 1520. The normalized spacial score (nSPS) is 12.4. The molecule has 4 aromatic rings. The molecule has 1 atom stereocenters.